The Bertz CT molecular complexity index is 664. The standard InChI is InChI=1S/C16H14BrNO/c17-15-7-6-13(18)9-14(15)16(19)12-5-4-10-2-1-3-11(10)8-12/h4-9H,1-3,18H2. The predicted octanol–water partition coefficient (Wildman–Crippen LogP) is 3.75. The molecule has 2 aromatic rings. The number of aryl methyl sites for hydroxylation is 2. The zero-order chi connectivity index (χ0) is 13.4. The number of ketones is 1. The molecule has 19 heavy (non-hydrogen) atoms. The highest BCUT2D eigenvalue weighted by atomic mass is 79.9. The van der Waals surface area contributed by atoms with Gasteiger partial charge in [0.25, 0.3) is 0 Å². The van der Waals surface area contributed by atoms with Gasteiger partial charge in [-0.15, -0.1) is 0 Å². The minimum atomic E-state index is 0.0221. The summed E-state index contributed by atoms with van der Waals surface area (Å²) in [5.74, 6) is 0.0221. The van der Waals surface area contributed by atoms with Gasteiger partial charge in [-0.05, 0) is 54.7 Å². The van der Waals surface area contributed by atoms with Gasteiger partial charge >= 0.3 is 0 Å². The highest BCUT2D eigenvalue weighted by Crippen LogP contribution is 2.26. The normalized spacial score (nSPS) is 13.3. The summed E-state index contributed by atoms with van der Waals surface area (Å²) in [6, 6.07) is 11.3. The van der Waals surface area contributed by atoms with E-state index in [1.54, 1.807) is 12.1 Å². The Morgan fingerprint density at radius 1 is 1.05 bits per heavy atom. The van der Waals surface area contributed by atoms with Gasteiger partial charge in [-0.1, -0.05) is 28.1 Å². The van der Waals surface area contributed by atoms with E-state index >= 15 is 0 Å². The Morgan fingerprint density at radius 3 is 2.68 bits per heavy atom. The second-order valence-corrected chi connectivity index (χ2v) is 5.76. The van der Waals surface area contributed by atoms with Crippen molar-refractivity contribution in [3.05, 3.63) is 63.1 Å². The number of benzene rings is 2. The van der Waals surface area contributed by atoms with E-state index in [0.717, 1.165) is 22.9 Å². The monoisotopic (exact) mass is 315 g/mol. The maximum absolute atomic E-state index is 12.5. The molecule has 0 aliphatic heterocycles. The van der Waals surface area contributed by atoms with Crippen LogP contribution < -0.4 is 5.73 Å². The topological polar surface area (TPSA) is 43.1 Å². The van der Waals surface area contributed by atoms with E-state index in [9.17, 15) is 4.79 Å². The van der Waals surface area contributed by atoms with Crippen LogP contribution >= 0.6 is 15.9 Å². The molecule has 0 atom stereocenters. The van der Waals surface area contributed by atoms with Gasteiger partial charge < -0.3 is 5.73 Å². The van der Waals surface area contributed by atoms with Crippen molar-refractivity contribution in [2.24, 2.45) is 0 Å². The molecule has 0 spiro atoms. The van der Waals surface area contributed by atoms with Crippen molar-refractivity contribution in [3.63, 3.8) is 0 Å². The van der Waals surface area contributed by atoms with Gasteiger partial charge in [0, 0.05) is 21.3 Å². The van der Waals surface area contributed by atoms with Crippen LogP contribution in [0.5, 0.6) is 0 Å². The van der Waals surface area contributed by atoms with Crippen molar-refractivity contribution < 1.29 is 4.79 Å². The van der Waals surface area contributed by atoms with E-state index in [-0.39, 0.29) is 5.78 Å². The summed E-state index contributed by atoms with van der Waals surface area (Å²) in [6.07, 6.45) is 3.40. The molecule has 1 aliphatic rings. The Balaban J connectivity index is 2.02. The summed E-state index contributed by atoms with van der Waals surface area (Å²) in [4.78, 5) is 12.5. The second kappa shape index (κ2) is 4.82. The maximum Gasteiger partial charge on any atom is 0.194 e. The number of hydrogen-bond acceptors (Lipinski definition) is 2. The van der Waals surface area contributed by atoms with E-state index in [1.165, 1.54) is 17.5 Å². The van der Waals surface area contributed by atoms with Crippen LogP contribution in [0.4, 0.5) is 5.69 Å². The minimum Gasteiger partial charge on any atom is -0.399 e. The smallest absolute Gasteiger partial charge is 0.194 e. The van der Waals surface area contributed by atoms with E-state index in [1.807, 2.05) is 18.2 Å². The van der Waals surface area contributed by atoms with E-state index in [0.29, 0.717) is 11.3 Å². The number of anilines is 1. The first-order chi connectivity index (χ1) is 9.15. The van der Waals surface area contributed by atoms with E-state index < -0.39 is 0 Å². The molecule has 0 saturated heterocycles. The molecule has 0 heterocycles. The van der Waals surface area contributed by atoms with Gasteiger partial charge in [-0.2, -0.15) is 0 Å². The fourth-order valence-corrected chi connectivity index (χ4v) is 3.01. The molecule has 0 amide bonds. The number of nitrogen functional groups attached to an aromatic ring is 1. The number of halogens is 1. The zero-order valence-corrected chi connectivity index (χ0v) is 12.0. The van der Waals surface area contributed by atoms with Crippen LogP contribution in [0.3, 0.4) is 0 Å². The summed E-state index contributed by atoms with van der Waals surface area (Å²) in [7, 11) is 0. The first-order valence-electron chi connectivity index (χ1n) is 6.36. The van der Waals surface area contributed by atoms with Crippen LogP contribution in [-0.2, 0) is 12.8 Å². The summed E-state index contributed by atoms with van der Waals surface area (Å²) in [6.45, 7) is 0. The van der Waals surface area contributed by atoms with Gasteiger partial charge in [0.1, 0.15) is 0 Å². The number of carbonyl (C=O) groups excluding carboxylic acids is 1. The van der Waals surface area contributed by atoms with Crippen molar-refractivity contribution in [2.75, 3.05) is 5.73 Å². The van der Waals surface area contributed by atoms with Gasteiger partial charge in [0.2, 0.25) is 0 Å². The molecule has 0 aromatic heterocycles. The lowest BCUT2D eigenvalue weighted by atomic mass is 9.99. The average molecular weight is 316 g/mol. The molecule has 2 nitrogen and oxygen atoms in total. The van der Waals surface area contributed by atoms with Crippen molar-refractivity contribution in [1.82, 2.24) is 0 Å². The summed E-state index contributed by atoms with van der Waals surface area (Å²) in [5, 5.41) is 0. The largest absolute Gasteiger partial charge is 0.399 e. The van der Waals surface area contributed by atoms with Crippen LogP contribution in [0.15, 0.2) is 40.9 Å². The van der Waals surface area contributed by atoms with E-state index in [2.05, 4.69) is 22.0 Å². The zero-order valence-electron chi connectivity index (χ0n) is 10.4. The van der Waals surface area contributed by atoms with Gasteiger partial charge in [-0.25, -0.2) is 0 Å². The van der Waals surface area contributed by atoms with Gasteiger partial charge in [0.15, 0.2) is 5.78 Å². The third-order valence-corrected chi connectivity index (χ3v) is 4.29. The van der Waals surface area contributed by atoms with E-state index in [4.69, 9.17) is 5.73 Å². The highest BCUT2D eigenvalue weighted by Gasteiger charge is 2.16. The quantitative estimate of drug-likeness (QED) is 0.677. The van der Waals surface area contributed by atoms with Crippen LogP contribution in [0, 0.1) is 0 Å². The lowest BCUT2D eigenvalue weighted by Crippen LogP contribution is -2.04. The molecule has 0 radical (unpaired) electrons. The first-order valence-corrected chi connectivity index (χ1v) is 7.16. The fraction of sp³-hybridized carbons (Fsp3) is 0.188. The maximum atomic E-state index is 12.5. The molecule has 0 fully saturated rings. The lowest BCUT2D eigenvalue weighted by molar-refractivity contribution is 0.103. The average Bonchev–Trinajstić information content (AvgIpc) is 2.88. The number of hydrogen-bond donors (Lipinski definition) is 1. The predicted molar refractivity (Wildman–Crippen MR) is 80.5 cm³/mol. The Morgan fingerprint density at radius 2 is 1.84 bits per heavy atom. The molecule has 2 N–H and O–H groups in total. The first kappa shape index (κ1) is 12.4. The van der Waals surface area contributed by atoms with Gasteiger partial charge in [0.05, 0.1) is 0 Å². The molecule has 0 unspecified atom stereocenters. The molecule has 2 aromatic carbocycles. The highest BCUT2D eigenvalue weighted by molar-refractivity contribution is 9.10. The molecule has 0 saturated carbocycles. The number of fused-ring (bicyclic) bond motifs is 1. The third kappa shape index (κ3) is 2.30. The fourth-order valence-electron chi connectivity index (χ4n) is 2.59. The van der Waals surface area contributed by atoms with Crippen LogP contribution in [0.2, 0.25) is 0 Å². The Hall–Kier alpha value is -1.61. The summed E-state index contributed by atoms with van der Waals surface area (Å²) in [5.41, 5.74) is 10.4. The molecule has 3 heteroatoms. The molecule has 96 valence electrons. The number of carbonyl (C=O) groups is 1. The number of rotatable bonds is 2. The summed E-state index contributed by atoms with van der Waals surface area (Å²) < 4.78 is 0.784. The van der Waals surface area contributed by atoms with Crippen LogP contribution in [-0.4, -0.2) is 5.78 Å². The molecule has 0 bridgehead atoms. The molecular formula is C16H14BrNO. The lowest BCUT2D eigenvalue weighted by Gasteiger charge is -2.07. The van der Waals surface area contributed by atoms with Crippen molar-refractivity contribution in [3.8, 4) is 0 Å². The second-order valence-electron chi connectivity index (χ2n) is 4.91. The molecule has 3 rings (SSSR count). The van der Waals surface area contributed by atoms with Crippen molar-refractivity contribution >= 4 is 27.4 Å². The van der Waals surface area contributed by atoms with Crippen LogP contribution in [0.1, 0.15) is 33.5 Å². The number of nitrogens with two attached hydrogens (primary N) is 1. The molecule has 1 aliphatic carbocycles. The van der Waals surface area contributed by atoms with Gasteiger partial charge in [-0.3, -0.25) is 4.79 Å². The SMILES string of the molecule is Nc1ccc(Br)c(C(=O)c2ccc3c(c2)CCC3)c1. The Kier molecular flexibility index (Phi) is 3.15. The van der Waals surface area contributed by atoms with Crippen LogP contribution in [0.25, 0.3) is 0 Å². The summed E-state index contributed by atoms with van der Waals surface area (Å²) >= 11 is 3.41. The van der Waals surface area contributed by atoms with Crippen molar-refractivity contribution in [2.45, 2.75) is 19.3 Å². The van der Waals surface area contributed by atoms with Crippen molar-refractivity contribution in [1.29, 1.82) is 0 Å². The third-order valence-electron chi connectivity index (χ3n) is 3.60. The molecular weight excluding hydrogens is 302 g/mol. The Labute approximate surface area is 120 Å². The minimum absolute atomic E-state index is 0.0221.